The fourth-order valence-electron chi connectivity index (χ4n) is 4.83. The molecule has 154 valence electrons. The Hall–Kier alpha value is -2.76. The number of hydrogen-bond acceptors (Lipinski definition) is 5. The number of H-pyrrole nitrogens is 1. The molecule has 2 heterocycles. The molecule has 2 aliphatic rings. The molecular weight excluding hydrogens is 368 g/mol. The van der Waals surface area contributed by atoms with E-state index in [0.717, 1.165) is 29.3 Å². The molecule has 2 fully saturated rings. The first kappa shape index (κ1) is 19.6. The first-order chi connectivity index (χ1) is 13.8. The van der Waals surface area contributed by atoms with Crippen LogP contribution in [-0.4, -0.2) is 35.7 Å². The first-order valence-corrected chi connectivity index (χ1v) is 10.1. The van der Waals surface area contributed by atoms with Crippen molar-refractivity contribution in [1.29, 1.82) is 0 Å². The summed E-state index contributed by atoms with van der Waals surface area (Å²) < 4.78 is 10.8. The highest BCUT2D eigenvalue weighted by Gasteiger charge is 2.60. The smallest absolute Gasteiger partial charge is 0.336 e. The second-order valence-electron chi connectivity index (χ2n) is 8.84. The summed E-state index contributed by atoms with van der Waals surface area (Å²) in [5.74, 6) is -0.558. The van der Waals surface area contributed by atoms with Gasteiger partial charge in [0.1, 0.15) is 11.6 Å². The van der Waals surface area contributed by atoms with Crippen LogP contribution in [0.25, 0.3) is 10.9 Å². The van der Waals surface area contributed by atoms with Crippen LogP contribution in [0, 0.1) is 11.3 Å². The molecule has 1 aliphatic heterocycles. The number of para-hydroxylation sites is 1. The van der Waals surface area contributed by atoms with Gasteiger partial charge >= 0.3 is 11.9 Å². The molecule has 2 bridgehead atoms. The zero-order chi connectivity index (χ0) is 20.8. The van der Waals surface area contributed by atoms with Gasteiger partial charge < -0.3 is 19.8 Å². The minimum atomic E-state index is -0.600. The van der Waals surface area contributed by atoms with Crippen molar-refractivity contribution >= 4 is 22.8 Å². The van der Waals surface area contributed by atoms with E-state index in [4.69, 9.17) is 9.47 Å². The molecule has 1 aliphatic carbocycles. The Balaban J connectivity index is 1.59. The number of benzene rings is 1. The molecule has 0 radical (unpaired) electrons. The number of rotatable bonds is 5. The zero-order valence-electron chi connectivity index (χ0n) is 17.4. The lowest BCUT2D eigenvalue weighted by Gasteiger charge is -2.45. The number of esters is 2. The molecule has 6 heteroatoms. The first-order valence-electron chi connectivity index (χ1n) is 10.1. The number of fused-ring (bicyclic) bond motifs is 3. The highest BCUT2D eigenvalue weighted by Crippen LogP contribution is 2.58. The van der Waals surface area contributed by atoms with Crippen LogP contribution in [-0.2, 0) is 25.5 Å². The summed E-state index contributed by atoms with van der Waals surface area (Å²) in [7, 11) is 1.37. The summed E-state index contributed by atoms with van der Waals surface area (Å²) >= 11 is 0. The molecule has 1 aromatic carbocycles. The second-order valence-corrected chi connectivity index (χ2v) is 8.84. The Morgan fingerprint density at radius 1 is 1.38 bits per heavy atom. The average molecular weight is 396 g/mol. The van der Waals surface area contributed by atoms with Gasteiger partial charge in [0.15, 0.2) is 0 Å². The summed E-state index contributed by atoms with van der Waals surface area (Å²) in [5.41, 5.74) is 2.07. The van der Waals surface area contributed by atoms with E-state index in [1.54, 1.807) is 6.20 Å². The highest BCUT2D eigenvalue weighted by molar-refractivity contribution is 5.91. The van der Waals surface area contributed by atoms with E-state index >= 15 is 0 Å². The predicted molar refractivity (Wildman–Crippen MR) is 110 cm³/mol. The molecule has 1 aromatic heterocycles. The molecule has 3 atom stereocenters. The Kier molecular flexibility index (Phi) is 4.68. The van der Waals surface area contributed by atoms with Gasteiger partial charge in [0.25, 0.3) is 0 Å². The lowest BCUT2D eigenvalue weighted by Crippen LogP contribution is -2.50. The maximum absolute atomic E-state index is 12.6. The van der Waals surface area contributed by atoms with Crippen molar-refractivity contribution in [3.63, 3.8) is 0 Å². The topological polar surface area (TPSA) is 80.4 Å². The van der Waals surface area contributed by atoms with Crippen LogP contribution in [0.1, 0.15) is 39.2 Å². The van der Waals surface area contributed by atoms with Crippen molar-refractivity contribution in [3.05, 3.63) is 47.8 Å². The van der Waals surface area contributed by atoms with E-state index in [-0.39, 0.29) is 23.3 Å². The van der Waals surface area contributed by atoms with E-state index in [9.17, 15) is 9.59 Å². The number of aromatic nitrogens is 1. The predicted octanol–water partition coefficient (Wildman–Crippen LogP) is 3.48. The fraction of sp³-hybridized carbons (Fsp3) is 0.478. The van der Waals surface area contributed by atoms with Crippen LogP contribution in [0.5, 0.6) is 0 Å². The normalized spacial score (nSPS) is 27.7. The lowest BCUT2D eigenvalue weighted by molar-refractivity contribution is -0.172. The van der Waals surface area contributed by atoms with Crippen molar-refractivity contribution in [2.45, 2.75) is 51.7 Å². The van der Waals surface area contributed by atoms with Crippen LogP contribution in [0.4, 0.5) is 0 Å². The molecule has 2 aromatic rings. The summed E-state index contributed by atoms with van der Waals surface area (Å²) in [4.78, 5) is 28.3. The van der Waals surface area contributed by atoms with Crippen molar-refractivity contribution in [1.82, 2.24) is 10.3 Å². The number of carbonyl (C=O) groups excluding carboxylic acids is 2. The van der Waals surface area contributed by atoms with E-state index in [2.05, 4.69) is 24.1 Å². The molecule has 1 saturated heterocycles. The third kappa shape index (κ3) is 3.11. The van der Waals surface area contributed by atoms with Crippen LogP contribution < -0.4 is 5.32 Å². The minimum Gasteiger partial charge on any atom is -0.467 e. The third-order valence-corrected chi connectivity index (χ3v) is 7.10. The van der Waals surface area contributed by atoms with Gasteiger partial charge in [0.2, 0.25) is 0 Å². The standard InChI is InChI=1S/C23H28N2O4/c1-22(2)17-9-10-23(22,3)29-20(26)16(17)13-25-19(21(27)28-4)11-14-12-24-18-8-6-5-7-15(14)18/h5-8,12-13,17,19,24-25H,9-11H2,1-4H3/b16-13-/t17-,19+,23-/m1/s1. The van der Waals surface area contributed by atoms with Crippen molar-refractivity contribution in [2.24, 2.45) is 11.3 Å². The second kappa shape index (κ2) is 6.94. The zero-order valence-corrected chi connectivity index (χ0v) is 17.4. The van der Waals surface area contributed by atoms with E-state index in [0.29, 0.717) is 12.0 Å². The maximum Gasteiger partial charge on any atom is 0.336 e. The monoisotopic (exact) mass is 396 g/mol. The Morgan fingerprint density at radius 3 is 2.90 bits per heavy atom. The molecule has 6 nitrogen and oxygen atoms in total. The summed E-state index contributed by atoms with van der Waals surface area (Å²) in [6.45, 7) is 6.31. The lowest BCUT2D eigenvalue weighted by atomic mass is 9.69. The van der Waals surface area contributed by atoms with Gasteiger partial charge in [-0.2, -0.15) is 0 Å². The number of aromatic amines is 1. The van der Waals surface area contributed by atoms with Gasteiger partial charge in [0, 0.05) is 41.1 Å². The summed E-state index contributed by atoms with van der Waals surface area (Å²) in [6, 6.07) is 7.36. The minimum absolute atomic E-state index is 0.104. The molecule has 4 rings (SSSR count). The number of methoxy groups -OCH3 is 1. The molecular formula is C23H28N2O4. The fourth-order valence-corrected chi connectivity index (χ4v) is 4.83. The van der Waals surface area contributed by atoms with Crippen LogP contribution >= 0.6 is 0 Å². The SMILES string of the molecule is COC(=O)[C@H](Cc1c[nH]c2ccccc12)N/C=C1\C(=O)O[C@]2(C)CC[C@H]1C2(C)C. The van der Waals surface area contributed by atoms with E-state index in [1.165, 1.54) is 7.11 Å². The molecule has 0 amide bonds. The van der Waals surface area contributed by atoms with Gasteiger partial charge in [-0.05, 0) is 31.4 Å². The van der Waals surface area contributed by atoms with Gasteiger partial charge in [-0.15, -0.1) is 0 Å². The average Bonchev–Trinajstić information content (AvgIpc) is 3.14. The largest absolute Gasteiger partial charge is 0.467 e. The van der Waals surface area contributed by atoms with Gasteiger partial charge in [0.05, 0.1) is 12.7 Å². The number of hydrogen-bond donors (Lipinski definition) is 2. The van der Waals surface area contributed by atoms with E-state index in [1.807, 2.05) is 37.4 Å². The number of nitrogens with one attached hydrogen (secondary N) is 2. The van der Waals surface area contributed by atoms with Crippen molar-refractivity contribution in [3.8, 4) is 0 Å². The summed E-state index contributed by atoms with van der Waals surface area (Å²) in [6.07, 6.45) is 5.78. The summed E-state index contributed by atoms with van der Waals surface area (Å²) in [5, 5.41) is 4.23. The van der Waals surface area contributed by atoms with Crippen LogP contribution in [0.3, 0.4) is 0 Å². The molecule has 29 heavy (non-hydrogen) atoms. The molecule has 1 saturated carbocycles. The van der Waals surface area contributed by atoms with Crippen molar-refractivity contribution < 1.29 is 19.1 Å². The van der Waals surface area contributed by atoms with Gasteiger partial charge in [-0.25, -0.2) is 9.59 Å². The Bertz CT molecular complexity index is 990. The highest BCUT2D eigenvalue weighted by atomic mass is 16.6. The van der Waals surface area contributed by atoms with Crippen LogP contribution in [0.2, 0.25) is 0 Å². The third-order valence-electron chi connectivity index (χ3n) is 7.10. The van der Waals surface area contributed by atoms with E-state index < -0.39 is 11.6 Å². The molecule has 2 N–H and O–H groups in total. The number of carbonyl (C=O) groups is 2. The maximum atomic E-state index is 12.6. The van der Waals surface area contributed by atoms with Crippen LogP contribution in [0.15, 0.2) is 42.2 Å². The Morgan fingerprint density at radius 2 is 2.14 bits per heavy atom. The molecule has 0 spiro atoms. The Labute approximate surface area is 170 Å². The van der Waals surface area contributed by atoms with Gasteiger partial charge in [-0.3, -0.25) is 0 Å². The number of ether oxygens (including phenoxy) is 2. The van der Waals surface area contributed by atoms with Crippen molar-refractivity contribution in [2.75, 3.05) is 7.11 Å². The molecule has 0 unspecified atom stereocenters. The van der Waals surface area contributed by atoms with Gasteiger partial charge in [-0.1, -0.05) is 32.0 Å². The quantitative estimate of drug-likeness (QED) is 0.597.